The molecule has 0 spiro atoms. The lowest BCUT2D eigenvalue weighted by molar-refractivity contribution is 0.227. The van der Waals surface area contributed by atoms with Crippen molar-refractivity contribution in [1.82, 2.24) is 8.61 Å². The van der Waals surface area contributed by atoms with Crippen molar-refractivity contribution in [2.75, 3.05) is 20.1 Å². The van der Waals surface area contributed by atoms with Gasteiger partial charge in [0.1, 0.15) is 0 Å². The smallest absolute Gasteiger partial charge is 0.282 e. The molecule has 114 valence electrons. The van der Waals surface area contributed by atoms with Crippen LogP contribution in [0.25, 0.3) is 0 Å². The van der Waals surface area contributed by atoms with Crippen LogP contribution in [-0.4, -0.2) is 49.2 Å². The molecule has 1 saturated heterocycles. The first-order valence-corrected chi connectivity index (χ1v) is 8.65. The molecule has 0 bridgehead atoms. The van der Waals surface area contributed by atoms with E-state index in [9.17, 15) is 8.42 Å². The molecule has 1 fully saturated rings. The molecule has 1 aliphatic rings. The first-order valence-electron chi connectivity index (χ1n) is 7.25. The quantitative estimate of drug-likeness (QED) is 0.804. The second-order valence-electron chi connectivity index (χ2n) is 6.00. The zero-order chi connectivity index (χ0) is 14.6. The van der Waals surface area contributed by atoms with Crippen molar-refractivity contribution in [3.8, 4) is 0 Å². The summed E-state index contributed by atoms with van der Waals surface area (Å²) < 4.78 is 28.5. The van der Waals surface area contributed by atoms with E-state index in [1.165, 1.54) is 4.31 Å². The van der Waals surface area contributed by atoms with Crippen LogP contribution in [-0.2, 0) is 10.2 Å². The van der Waals surface area contributed by atoms with Crippen LogP contribution in [0.4, 0.5) is 0 Å². The molecule has 19 heavy (non-hydrogen) atoms. The molecule has 1 aliphatic heterocycles. The van der Waals surface area contributed by atoms with Crippen molar-refractivity contribution < 1.29 is 8.42 Å². The lowest BCUT2D eigenvalue weighted by atomic mass is 10.1. The Balaban J connectivity index is 2.83. The predicted octanol–water partition coefficient (Wildman–Crippen LogP) is 1.41. The fraction of sp³-hybridized carbons (Fsp3) is 1.00. The van der Waals surface area contributed by atoms with Gasteiger partial charge in [-0.15, -0.1) is 0 Å². The van der Waals surface area contributed by atoms with Crippen LogP contribution in [0.15, 0.2) is 0 Å². The minimum absolute atomic E-state index is 0.0188. The molecule has 6 heteroatoms. The fourth-order valence-electron chi connectivity index (χ4n) is 2.74. The van der Waals surface area contributed by atoms with Gasteiger partial charge in [0, 0.05) is 32.2 Å². The molecule has 1 rings (SSSR count). The molecular formula is C13H29N3O2S. The fourth-order valence-corrected chi connectivity index (χ4v) is 4.54. The van der Waals surface area contributed by atoms with Crippen LogP contribution in [0.5, 0.6) is 0 Å². The maximum absolute atomic E-state index is 12.7. The summed E-state index contributed by atoms with van der Waals surface area (Å²) in [5, 5.41) is 0. The summed E-state index contributed by atoms with van der Waals surface area (Å²) in [5.41, 5.74) is 5.72. The molecule has 2 unspecified atom stereocenters. The van der Waals surface area contributed by atoms with Crippen molar-refractivity contribution in [3.05, 3.63) is 0 Å². The number of hydrogen-bond donors (Lipinski definition) is 1. The highest BCUT2D eigenvalue weighted by Crippen LogP contribution is 2.23. The molecule has 0 saturated carbocycles. The number of hydrogen-bond acceptors (Lipinski definition) is 3. The topological polar surface area (TPSA) is 66.6 Å². The predicted molar refractivity (Wildman–Crippen MR) is 79.0 cm³/mol. The van der Waals surface area contributed by atoms with E-state index in [1.54, 1.807) is 11.4 Å². The average Bonchev–Trinajstić information content (AvgIpc) is 2.36. The molecule has 5 nitrogen and oxygen atoms in total. The number of nitrogens with two attached hydrogens (primary N) is 1. The van der Waals surface area contributed by atoms with Crippen LogP contribution < -0.4 is 5.73 Å². The maximum atomic E-state index is 12.7. The molecule has 0 radical (unpaired) electrons. The summed E-state index contributed by atoms with van der Waals surface area (Å²) in [6.07, 6.45) is 3.75. The Morgan fingerprint density at radius 1 is 1.32 bits per heavy atom. The Bertz CT molecular complexity index is 370. The van der Waals surface area contributed by atoms with Gasteiger partial charge in [-0.05, 0) is 32.1 Å². The van der Waals surface area contributed by atoms with Gasteiger partial charge in [0.2, 0.25) is 0 Å². The lowest BCUT2D eigenvalue weighted by Gasteiger charge is -2.38. The second kappa shape index (κ2) is 7.02. The van der Waals surface area contributed by atoms with Gasteiger partial charge in [0.05, 0.1) is 0 Å². The maximum Gasteiger partial charge on any atom is 0.282 e. The molecule has 0 aromatic heterocycles. The Morgan fingerprint density at radius 3 is 2.47 bits per heavy atom. The molecule has 0 amide bonds. The summed E-state index contributed by atoms with van der Waals surface area (Å²) in [5.74, 6) is 0.485. The molecular weight excluding hydrogens is 262 g/mol. The Kier molecular flexibility index (Phi) is 6.23. The van der Waals surface area contributed by atoms with Gasteiger partial charge in [-0.25, -0.2) is 0 Å². The van der Waals surface area contributed by atoms with Gasteiger partial charge in [-0.2, -0.15) is 17.0 Å². The van der Waals surface area contributed by atoms with Crippen LogP contribution >= 0.6 is 0 Å². The molecule has 2 atom stereocenters. The van der Waals surface area contributed by atoms with Gasteiger partial charge in [0.15, 0.2) is 0 Å². The average molecular weight is 291 g/mol. The third kappa shape index (κ3) is 4.15. The van der Waals surface area contributed by atoms with Gasteiger partial charge < -0.3 is 5.73 Å². The zero-order valence-corrected chi connectivity index (χ0v) is 13.5. The Labute approximate surface area is 118 Å². The number of rotatable bonds is 6. The third-order valence-corrected chi connectivity index (χ3v) is 6.10. The van der Waals surface area contributed by atoms with E-state index in [0.29, 0.717) is 19.0 Å². The van der Waals surface area contributed by atoms with E-state index >= 15 is 0 Å². The highest BCUT2D eigenvalue weighted by atomic mass is 32.2. The minimum atomic E-state index is -3.38. The van der Waals surface area contributed by atoms with Crippen molar-refractivity contribution in [2.45, 2.75) is 58.5 Å². The van der Waals surface area contributed by atoms with Crippen LogP contribution in [0, 0.1) is 5.92 Å². The number of piperidine rings is 1. The summed E-state index contributed by atoms with van der Waals surface area (Å²) >= 11 is 0. The Hall–Kier alpha value is -0.170. The standard InChI is InChI=1S/C13H29N3O2S/c1-11(2)9-12(3)15(4)19(17,18)16-8-6-5-7-13(16)10-14/h11-13H,5-10,14H2,1-4H3. The zero-order valence-electron chi connectivity index (χ0n) is 12.7. The summed E-state index contributed by atoms with van der Waals surface area (Å²) in [4.78, 5) is 0. The van der Waals surface area contributed by atoms with E-state index in [4.69, 9.17) is 5.73 Å². The van der Waals surface area contributed by atoms with E-state index in [-0.39, 0.29) is 12.1 Å². The monoisotopic (exact) mass is 291 g/mol. The first kappa shape index (κ1) is 16.9. The van der Waals surface area contributed by atoms with Crippen molar-refractivity contribution >= 4 is 10.2 Å². The molecule has 0 aromatic rings. The van der Waals surface area contributed by atoms with Gasteiger partial charge in [-0.1, -0.05) is 20.3 Å². The summed E-state index contributed by atoms with van der Waals surface area (Å²) in [7, 11) is -1.70. The SMILES string of the molecule is CC(C)CC(C)N(C)S(=O)(=O)N1CCCCC1CN. The van der Waals surface area contributed by atoms with E-state index in [1.807, 2.05) is 6.92 Å². The van der Waals surface area contributed by atoms with E-state index in [0.717, 1.165) is 25.7 Å². The van der Waals surface area contributed by atoms with E-state index in [2.05, 4.69) is 13.8 Å². The highest BCUT2D eigenvalue weighted by molar-refractivity contribution is 7.86. The molecule has 1 heterocycles. The van der Waals surface area contributed by atoms with Crippen LogP contribution in [0.3, 0.4) is 0 Å². The summed E-state index contributed by atoms with van der Waals surface area (Å²) in [6.45, 7) is 7.20. The van der Waals surface area contributed by atoms with E-state index < -0.39 is 10.2 Å². The Morgan fingerprint density at radius 2 is 1.95 bits per heavy atom. The third-order valence-electron chi connectivity index (χ3n) is 3.94. The van der Waals surface area contributed by atoms with Gasteiger partial charge in [-0.3, -0.25) is 0 Å². The highest BCUT2D eigenvalue weighted by Gasteiger charge is 2.36. The summed E-state index contributed by atoms with van der Waals surface area (Å²) in [6, 6.07) is -0.0159. The van der Waals surface area contributed by atoms with Crippen molar-refractivity contribution in [3.63, 3.8) is 0 Å². The normalized spacial score (nSPS) is 24.1. The van der Waals surface area contributed by atoms with Crippen LogP contribution in [0.1, 0.15) is 46.5 Å². The minimum Gasteiger partial charge on any atom is -0.329 e. The van der Waals surface area contributed by atoms with Gasteiger partial charge in [0.25, 0.3) is 10.2 Å². The molecule has 2 N–H and O–H groups in total. The lowest BCUT2D eigenvalue weighted by Crippen LogP contribution is -2.53. The molecule has 0 aliphatic carbocycles. The van der Waals surface area contributed by atoms with Crippen molar-refractivity contribution in [2.24, 2.45) is 11.7 Å². The second-order valence-corrected chi connectivity index (χ2v) is 7.94. The first-order chi connectivity index (χ1) is 8.80. The molecule has 0 aromatic carbocycles. The van der Waals surface area contributed by atoms with Crippen LogP contribution in [0.2, 0.25) is 0 Å². The van der Waals surface area contributed by atoms with Crippen molar-refractivity contribution in [1.29, 1.82) is 0 Å². The number of nitrogens with zero attached hydrogens (tertiary/aromatic N) is 2. The van der Waals surface area contributed by atoms with Gasteiger partial charge >= 0.3 is 0 Å². The largest absolute Gasteiger partial charge is 0.329 e.